The molecule has 1 heterocycles. The lowest BCUT2D eigenvalue weighted by atomic mass is 10.1. The maximum Gasteiger partial charge on any atom is 0.253 e. The fraction of sp³-hybridized carbons (Fsp3) is 0.222. The van der Waals surface area contributed by atoms with Gasteiger partial charge in [-0.1, -0.05) is 18.2 Å². The van der Waals surface area contributed by atoms with E-state index in [2.05, 4.69) is 21.7 Å². The first kappa shape index (κ1) is 14.3. The lowest BCUT2D eigenvalue weighted by Gasteiger charge is -2.14. The molecular formula is C18H19N3O. The maximum atomic E-state index is 12.3. The smallest absolute Gasteiger partial charge is 0.253 e. The van der Waals surface area contributed by atoms with Crippen molar-refractivity contribution in [2.24, 2.45) is 0 Å². The number of rotatable bonds is 3. The van der Waals surface area contributed by atoms with Crippen molar-refractivity contribution >= 4 is 16.9 Å². The van der Waals surface area contributed by atoms with Crippen LogP contribution >= 0.6 is 0 Å². The first-order valence-electron chi connectivity index (χ1n) is 7.42. The summed E-state index contributed by atoms with van der Waals surface area (Å²) in [7, 11) is 1.81. The molecule has 22 heavy (non-hydrogen) atoms. The third kappa shape index (κ3) is 2.37. The van der Waals surface area contributed by atoms with Gasteiger partial charge in [-0.25, -0.2) is 4.98 Å². The van der Waals surface area contributed by atoms with Crippen LogP contribution < -0.4 is 0 Å². The third-order valence-electron chi connectivity index (χ3n) is 3.90. The summed E-state index contributed by atoms with van der Waals surface area (Å²) in [5, 5.41) is 0. The lowest BCUT2D eigenvalue weighted by molar-refractivity contribution is 0.0802. The largest absolute Gasteiger partial charge is 0.342 e. The molecule has 1 amide bonds. The zero-order valence-corrected chi connectivity index (χ0v) is 13.1. The number of nitrogens with zero attached hydrogens (tertiary/aromatic N) is 3. The molecule has 0 saturated carbocycles. The Labute approximate surface area is 130 Å². The summed E-state index contributed by atoms with van der Waals surface area (Å²) in [6.45, 7) is 4.63. The molecule has 4 nitrogen and oxygen atoms in total. The van der Waals surface area contributed by atoms with Crippen LogP contribution in [0.3, 0.4) is 0 Å². The first-order chi connectivity index (χ1) is 10.6. The quantitative estimate of drug-likeness (QED) is 0.742. The number of fused-ring (bicyclic) bond motifs is 1. The molecule has 0 aliphatic rings. The Hall–Kier alpha value is -2.62. The highest BCUT2D eigenvalue weighted by atomic mass is 16.2. The average Bonchev–Trinajstić information content (AvgIpc) is 2.89. The van der Waals surface area contributed by atoms with Gasteiger partial charge in [0, 0.05) is 24.8 Å². The van der Waals surface area contributed by atoms with Crippen LogP contribution in [-0.4, -0.2) is 34.0 Å². The molecule has 4 heteroatoms. The Kier molecular flexibility index (Phi) is 3.67. The zero-order valence-electron chi connectivity index (χ0n) is 13.1. The first-order valence-corrected chi connectivity index (χ1v) is 7.42. The van der Waals surface area contributed by atoms with Gasteiger partial charge in [-0.3, -0.25) is 9.36 Å². The highest BCUT2D eigenvalue weighted by Crippen LogP contribution is 2.22. The van der Waals surface area contributed by atoms with Crippen LogP contribution in [0, 0.1) is 6.92 Å². The predicted molar refractivity (Wildman–Crippen MR) is 88.4 cm³/mol. The number of hydrogen-bond acceptors (Lipinski definition) is 2. The Morgan fingerprint density at radius 3 is 2.59 bits per heavy atom. The summed E-state index contributed by atoms with van der Waals surface area (Å²) in [6.07, 6.45) is 0. The molecule has 2 aromatic carbocycles. The lowest BCUT2D eigenvalue weighted by Crippen LogP contribution is -2.26. The van der Waals surface area contributed by atoms with Gasteiger partial charge in [0.05, 0.1) is 11.0 Å². The van der Waals surface area contributed by atoms with E-state index in [0.717, 1.165) is 22.5 Å². The van der Waals surface area contributed by atoms with E-state index in [4.69, 9.17) is 0 Å². The van der Waals surface area contributed by atoms with Crippen molar-refractivity contribution in [3.05, 3.63) is 59.9 Å². The molecule has 1 aromatic heterocycles. The minimum Gasteiger partial charge on any atom is -0.342 e. The van der Waals surface area contributed by atoms with Crippen molar-refractivity contribution in [1.82, 2.24) is 14.5 Å². The van der Waals surface area contributed by atoms with Crippen molar-refractivity contribution in [3.8, 4) is 5.69 Å². The van der Waals surface area contributed by atoms with E-state index >= 15 is 0 Å². The number of amides is 1. The van der Waals surface area contributed by atoms with Gasteiger partial charge >= 0.3 is 0 Å². The maximum absolute atomic E-state index is 12.3. The van der Waals surface area contributed by atoms with E-state index in [0.29, 0.717) is 12.1 Å². The number of carbonyl (C=O) groups is 1. The van der Waals surface area contributed by atoms with Crippen LogP contribution in [0.1, 0.15) is 23.1 Å². The number of benzene rings is 2. The molecule has 3 aromatic rings. The number of imidazole rings is 1. The van der Waals surface area contributed by atoms with E-state index < -0.39 is 0 Å². The minimum atomic E-state index is 0.0244. The Morgan fingerprint density at radius 1 is 1.18 bits per heavy atom. The van der Waals surface area contributed by atoms with Crippen LogP contribution in [-0.2, 0) is 0 Å². The average molecular weight is 293 g/mol. The molecule has 0 radical (unpaired) electrons. The molecule has 112 valence electrons. The van der Waals surface area contributed by atoms with Gasteiger partial charge in [-0.05, 0) is 44.2 Å². The summed E-state index contributed by atoms with van der Waals surface area (Å²) in [5.41, 5.74) is 3.61. The van der Waals surface area contributed by atoms with E-state index in [9.17, 15) is 4.79 Å². The summed E-state index contributed by atoms with van der Waals surface area (Å²) in [4.78, 5) is 18.6. The molecule has 0 aliphatic heterocycles. The van der Waals surface area contributed by atoms with Crippen molar-refractivity contribution in [1.29, 1.82) is 0 Å². The highest BCUT2D eigenvalue weighted by molar-refractivity contribution is 5.97. The predicted octanol–water partition coefficient (Wildman–Crippen LogP) is 3.43. The van der Waals surface area contributed by atoms with Crippen LogP contribution in [0.4, 0.5) is 0 Å². The summed E-state index contributed by atoms with van der Waals surface area (Å²) in [6, 6.07) is 15.8. The third-order valence-corrected chi connectivity index (χ3v) is 3.90. The molecule has 0 N–H and O–H groups in total. The number of hydrogen-bond donors (Lipinski definition) is 0. The van der Waals surface area contributed by atoms with Crippen molar-refractivity contribution < 1.29 is 4.79 Å². The summed E-state index contributed by atoms with van der Waals surface area (Å²) in [5.74, 6) is 0.936. The second kappa shape index (κ2) is 5.64. The van der Waals surface area contributed by atoms with Gasteiger partial charge in [-0.15, -0.1) is 0 Å². The van der Waals surface area contributed by atoms with Crippen LogP contribution in [0.2, 0.25) is 0 Å². The Morgan fingerprint density at radius 2 is 1.91 bits per heavy atom. The summed E-state index contributed by atoms with van der Waals surface area (Å²) >= 11 is 0. The molecule has 0 bridgehead atoms. The minimum absolute atomic E-state index is 0.0244. The van der Waals surface area contributed by atoms with Gasteiger partial charge in [0.2, 0.25) is 0 Å². The number of aryl methyl sites for hydroxylation is 1. The van der Waals surface area contributed by atoms with Gasteiger partial charge in [0.1, 0.15) is 5.82 Å². The normalized spacial score (nSPS) is 10.9. The SMILES string of the molecule is CCN(C)C(=O)c1ccc2c(c1)nc(C)n2-c1ccccc1. The van der Waals surface area contributed by atoms with Crippen molar-refractivity contribution in [2.45, 2.75) is 13.8 Å². The van der Waals surface area contributed by atoms with Gasteiger partial charge < -0.3 is 4.90 Å². The molecule has 3 rings (SSSR count). The Bertz CT molecular complexity index is 821. The fourth-order valence-corrected chi connectivity index (χ4v) is 2.60. The van der Waals surface area contributed by atoms with Crippen molar-refractivity contribution in [3.63, 3.8) is 0 Å². The number of aromatic nitrogens is 2. The van der Waals surface area contributed by atoms with Gasteiger partial charge in [0.15, 0.2) is 0 Å². The van der Waals surface area contributed by atoms with Gasteiger partial charge in [-0.2, -0.15) is 0 Å². The Balaban J connectivity index is 2.11. The van der Waals surface area contributed by atoms with E-state index in [1.54, 1.807) is 11.9 Å². The molecule has 0 fully saturated rings. The molecule has 0 spiro atoms. The topological polar surface area (TPSA) is 38.1 Å². The van der Waals surface area contributed by atoms with Crippen LogP contribution in [0.5, 0.6) is 0 Å². The molecule has 0 saturated heterocycles. The highest BCUT2D eigenvalue weighted by Gasteiger charge is 2.14. The number of para-hydroxylation sites is 1. The van der Waals surface area contributed by atoms with Crippen molar-refractivity contribution in [2.75, 3.05) is 13.6 Å². The fourth-order valence-electron chi connectivity index (χ4n) is 2.60. The monoisotopic (exact) mass is 293 g/mol. The standard InChI is InChI=1S/C18H19N3O/c1-4-20(3)18(22)14-10-11-17-16(12-14)19-13(2)21(17)15-8-6-5-7-9-15/h5-12H,4H2,1-3H3. The number of carbonyl (C=O) groups excluding carboxylic acids is 1. The zero-order chi connectivity index (χ0) is 15.7. The molecule has 0 unspecified atom stereocenters. The van der Waals surface area contributed by atoms with Crippen LogP contribution in [0.15, 0.2) is 48.5 Å². The second-order valence-electron chi connectivity index (χ2n) is 5.35. The second-order valence-corrected chi connectivity index (χ2v) is 5.35. The molecular weight excluding hydrogens is 274 g/mol. The summed E-state index contributed by atoms with van der Waals surface area (Å²) < 4.78 is 2.10. The van der Waals surface area contributed by atoms with E-state index in [1.165, 1.54) is 0 Å². The molecule has 0 atom stereocenters. The van der Waals surface area contributed by atoms with E-state index in [1.807, 2.05) is 50.2 Å². The van der Waals surface area contributed by atoms with Gasteiger partial charge in [0.25, 0.3) is 5.91 Å². The van der Waals surface area contributed by atoms with E-state index in [-0.39, 0.29) is 5.91 Å². The van der Waals surface area contributed by atoms with Crippen LogP contribution in [0.25, 0.3) is 16.7 Å². The molecule has 0 aliphatic carbocycles.